The Hall–Kier alpha value is -2.14. The van der Waals surface area contributed by atoms with Crippen molar-refractivity contribution in [1.82, 2.24) is 14.9 Å². The molecule has 2 N–H and O–H groups in total. The lowest BCUT2D eigenvalue weighted by molar-refractivity contribution is 0.240. The first-order valence-corrected chi connectivity index (χ1v) is 7.96. The third-order valence-corrected chi connectivity index (χ3v) is 4.17. The van der Waals surface area contributed by atoms with Crippen molar-refractivity contribution in [3.8, 4) is 5.75 Å². The van der Waals surface area contributed by atoms with Crippen molar-refractivity contribution < 1.29 is 5.11 Å². The summed E-state index contributed by atoms with van der Waals surface area (Å²) in [5.41, 5.74) is 2.55. The van der Waals surface area contributed by atoms with Gasteiger partial charge in [0.2, 0.25) is 0 Å². The van der Waals surface area contributed by atoms with Crippen LogP contribution in [-0.4, -0.2) is 26.5 Å². The van der Waals surface area contributed by atoms with Crippen LogP contribution >= 0.6 is 0 Å². The normalized spacial score (nSPS) is 15.4. The van der Waals surface area contributed by atoms with Gasteiger partial charge in [-0.15, -0.1) is 0 Å². The van der Waals surface area contributed by atoms with E-state index in [4.69, 9.17) is 0 Å². The maximum Gasteiger partial charge on any atom is 0.255 e. The largest absolute Gasteiger partial charge is 0.508 e. The van der Waals surface area contributed by atoms with E-state index in [-0.39, 0.29) is 16.7 Å². The van der Waals surface area contributed by atoms with Crippen LogP contribution in [-0.2, 0) is 24.9 Å². The molecule has 1 aliphatic heterocycles. The van der Waals surface area contributed by atoms with Gasteiger partial charge in [0, 0.05) is 31.5 Å². The number of H-pyrrole nitrogens is 1. The van der Waals surface area contributed by atoms with Crippen LogP contribution in [0.4, 0.5) is 0 Å². The summed E-state index contributed by atoms with van der Waals surface area (Å²) in [4.78, 5) is 22.2. The highest BCUT2D eigenvalue weighted by atomic mass is 16.3. The van der Waals surface area contributed by atoms with Crippen LogP contribution in [0.25, 0.3) is 0 Å². The number of hydrogen-bond acceptors (Lipinski definition) is 4. The van der Waals surface area contributed by atoms with Crippen molar-refractivity contribution in [3.05, 3.63) is 57.3 Å². The lowest BCUT2D eigenvalue weighted by atomic mass is 9.95. The molecule has 5 heteroatoms. The van der Waals surface area contributed by atoms with Crippen molar-refractivity contribution in [1.29, 1.82) is 0 Å². The summed E-state index contributed by atoms with van der Waals surface area (Å²) in [6.45, 7) is 8.33. The fraction of sp³-hybridized carbons (Fsp3) is 0.444. The third-order valence-electron chi connectivity index (χ3n) is 4.17. The van der Waals surface area contributed by atoms with E-state index >= 15 is 0 Å². The van der Waals surface area contributed by atoms with Gasteiger partial charge in [0.05, 0.1) is 11.3 Å². The number of aromatic amines is 1. The number of aromatic nitrogens is 2. The summed E-state index contributed by atoms with van der Waals surface area (Å²) in [7, 11) is 0. The minimum absolute atomic E-state index is 0.0273. The second kappa shape index (κ2) is 5.81. The number of phenols is 1. The molecule has 3 rings (SSSR count). The molecule has 0 radical (unpaired) electrons. The Morgan fingerprint density at radius 2 is 2.13 bits per heavy atom. The van der Waals surface area contributed by atoms with E-state index in [2.05, 4.69) is 35.6 Å². The van der Waals surface area contributed by atoms with Gasteiger partial charge in [-0.05, 0) is 17.7 Å². The molecule has 0 bridgehead atoms. The lowest BCUT2D eigenvalue weighted by Gasteiger charge is -2.29. The quantitative estimate of drug-likeness (QED) is 0.893. The Morgan fingerprint density at radius 3 is 2.83 bits per heavy atom. The number of hydrogen-bond donors (Lipinski definition) is 2. The second-order valence-electron chi connectivity index (χ2n) is 7.22. The van der Waals surface area contributed by atoms with Gasteiger partial charge in [-0.3, -0.25) is 9.69 Å². The number of fused-ring (bicyclic) bond motifs is 1. The average Bonchev–Trinajstić information content (AvgIpc) is 2.47. The molecule has 2 aromatic rings. The van der Waals surface area contributed by atoms with Gasteiger partial charge >= 0.3 is 0 Å². The van der Waals surface area contributed by atoms with Crippen LogP contribution in [0.3, 0.4) is 0 Å². The van der Waals surface area contributed by atoms with Crippen molar-refractivity contribution in [2.75, 3.05) is 6.54 Å². The first-order chi connectivity index (χ1) is 10.8. The molecule has 0 saturated carbocycles. The zero-order valence-corrected chi connectivity index (χ0v) is 13.9. The molecule has 23 heavy (non-hydrogen) atoms. The van der Waals surface area contributed by atoms with Gasteiger partial charge in [-0.1, -0.05) is 32.9 Å². The molecule has 0 unspecified atom stereocenters. The summed E-state index contributed by atoms with van der Waals surface area (Å²) < 4.78 is 0. The summed E-state index contributed by atoms with van der Waals surface area (Å²) in [6.07, 6.45) is 0.779. The topological polar surface area (TPSA) is 69.2 Å². The molecule has 1 aromatic heterocycles. The Morgan fingerprint density at radius 1 is 1.35 bits per heavy atom. The number of phenolic OH excluding ortho intramolecular Hbond substituents is 1. The lowest BCUT2D eigenvalue weighted by Crippen LogP contribution is -2.37. The molecule has 2 heterocycles. The van der Waals surface area contributed by atoms with Gasteiger partial charge in [-0.25, -0.2) is 4.98 Å². The van der Waals surface area contributed by atoms with Crippen molar-refractivity contribution >= 4 is 0 Å². The standard InChI is InChI=1S/C18H23N3O2/c1-18(2,3)17-19-15-7-8-21(11-14(15)16(23)20-17)10-12-5-4-6-13(22)9-12/h4-6,9,22H,7-8,10-11H2,1-3H3,(H,19,20,23). The fourth-order valence-corrected chi connectivity index (χ4v) is 2.88. The van der Waals surface area contributed by atoms with Gasteiger partial charge in [0.1, 0.15) is 11.6 Å². The van der Waals surface area contributed by atoms with E-state index in [0.29, 0.717) is 13.1 Å². The molecule has 0 fully saturated rings. The van der Waals surface area contributed by atoms with Crippen LogP contribution in [0, 0.1) is 0 Å². The first-order valence-electron chi connectivity index (χ1n) is 7.96. The fourth-order valence-electron chi connectivity index (χ4n) is 2.88. The molecular weight excluding hydrogens is 290 g/mol. The molecule has 5 nitrogen and oxygen atoms in total. The maximum atomic E-state index is 12.4. The third kappa shape index (κ3) is 3.45. The summed E-state index contributed by atoms with van der Waals surface area (Å²) >= 11 is 0. The maximum absolute atomic E-state index is 12.4. The SMILES string of the molecule is CC(C)(C)c1nc2c(c(=O)[nH]1)CN(Cc1cccc(O)c1)CC2. The number of rotatable bonds is 2. The molecule has 0 saturated heterocycles. The number of nitrogens with zero attached hydrogens (tertiary/aromatic N) is 2. The molecular formula is C18H23N3O2. The van der Waals surface area contributed by atoms with Gasteiger partial charge in [0.15, 0.2) is 0 Å². The number of aromatic hydroxyl groups is 1. The van der Waals surface area contributed by atoms with Gasteiger partial charge in [0.25, 0.3) is 5.56 Å². The Bertz CT molecular complexity index is 775. The Labute approximate surface area is 136 Å². The predicted molar refractivity (Wildman–Crippen MR) is 89.5 cm³/mol. The van der Waals surface area contributed by atoms with Crippen molar-refractivity contribution in [3.63, 3.8) is 0 Å². The van der Waals surface area contributed by atoms with Gasteiger partial charge in [-0.2, -0.15) is 0 Å². The summed E-state index contributed by atoms with van der Waals surface area (Å²) in [5, 5.41) is 9.57. The molecule has 1 aromatic carbocycles. The van der Waals surface area contributed by atoms with Crippen LogP contribution in [0.15, 0.2) is 29.1 Å². The van der Waals surface area contributed by atoms with E-state index in [1.54, 1.807) is 12.1 Å². The smallest absolute Gasteiger partial charge is 0.255 e. The second-order valence-corrected chi connectivity index (χ2v) is 7.22. The van der Waals surface area contributed by atoms with E-state index in [1.807, 2.05) is 12.1 Å². The number of benzene rings is 1. The molecule has 0 atom stereocenters. The zero-order chi connectivity index (χ0) is 16.6. The predicted octanol–water partition coefficient (Wildman–Crippen LogP) is 2.33. The first kappa shape index (κ1) is 15.7. The Kier molecular flexibility index (Phi) is 3.98. The summed E-state index contributed by atoms with van der Waals surface area (Å²) in [5.74, 6) is 1.02. The van der Waals surface area contributed by atoms with E-state index in [1.165, 1.54) is 0 Å². The van der Waals surface area contributed by atoms with Crippen molar-refractivity contribution in [2.24, 2.45) is 0 Å². The average molecular weight is 313 g/mol. The number of nitrogens with one attached hydrogen (secondary N) is 1. The van der Waals surface area contributed by atoms with Crippen LogP contribution < -0.4 is 5.56 Å². The highest BCUT2D eigenvalue weighted by molar-refractivity contribution is 5.28. The molecule has 1 aliphatic rings. The van der Waals surface area contributed by atoms with E-state index in [0.717, 1.165) is 35.6 Å². The highest BCUT2D eigenvalue weighted by Gasteiger charge is 2.24. The monoisotopic (exact) mass is 313 g/mol. The minimum atomic E-state index is -0.160. The molecule has 0 amide bonds. The zero-order valence-electron chi connectivity index (χ0n) is 13.9. The minimum Gasteiger partial charge on any atom is -0.508 e. The molecule has 0 spiro atoms. The molecule has 0 aliphatic carbocycles. The van der Waals surface area contributed by atoms with Crippen LogP contribution in [0.5, 0.6) is 5.75 Å². The van der Waals surface area contributed by atoms with E-state index in [9.17, 15) is 9.90 Å². The van der Waals surface area contributed by atoms with Gasteiger partial charge < -0.3 is 10.1 Å². The summed E-state index contributed by atoms with van der Waals surface area (Å²) in [6, 6.07) is 7.26. The van der Waals surface area contributed by atoms with Crippen LogP contribution in [0.2, 0.25) is 0 Å². The van der Waals surface area contributed by atoms with Crippen LogP contribution in [0.1, 0.15) is 43.4 Å². The van der Waals surface area contributed by atoms with Crippen molar-refractivity contribution in [2.45, 2.75) is 45.7 Å². The Balaban J connectivity index is 1.83. The molecule has 122 valence electrons. The van der Waals surface area contributed by atoms with E-state index < -0.39 is 0 Å². The highest BCUT2D eigenvalue weighted by Crippen LogP contribution is 2.22.